The van der Waals surface area contributed by atoms with Gasteiger partial charge in [-0.2, -0.15) is 0 Å². The summed E-state index contributed by atoms with van der Waals surface area (Å²) in [5.41, 5.74) is 22.6. The SMILES string of the molecule is NC(N)(N)C1(N)CCC12CC2. The highest BCUT2D eigenvalue weighted by Crippen LogP contribution is 2.66. The number of nitrogens with two attached hydrogens (primary N) is 4. The van der Waals surface area contributed by atoms with Crippen molar-refractivity contribution in [3.8, 4) is 0 Å². The lowest BCUT2D eigenvalue weighted by molar-refractivity contribution is 0.0234. The van der Waals surface area contributed by atoms with Crippen molar-refractivity contribution in [2.75, 3.05) is 0 Å². The van der Waals surface area contributed by atoms with Crippen LogP contribution in [0.3, 0.4) is 0 Å². The first-order chi connectivity index (χ1) is 4.91. The minimum Gasteiger partial charge on any atom is -0.321 e. The normalized spacial score (nSPS) is 40.4. The summed E-state index contributed by atoms with van der Waals surface area (Å²) in [7, 11) is 0. The first-order valence-corrected chi connectivity index (χ1v) is 4.07. The summed E-state index contributed by atoms with van der Waals surface area (Å²) in [6.07, 6.45) is 4.32. The van der Waals surface area contributed by atoms with Gasteiger partial charge in [0.1, 0.15) is 5.79 Å². The Kier molecular flexibility index (Phi) is 1.10. The molecule has 0 aromatic carbocycles. The summed E-state index contributed by atoms with van der Waals surface area (Å²) >= 11 is 0. The molecule has 64 valence electrons. The van der Waals surface area contributed by atoms with Crippen LogP contribution in [0.25, 0.3) is 0 Å². The second kappa shape index (κ2) is 1.61. The van der Waals surface area contributed by atoms with Crippen LogP contribution in [0.2, 0.25) is 0 Å². The van der Waals surface area contributed by atoms with Gasteiger partial charge in [0.25, 0.3) is 0 Å². The maximum atomic E-state index is 6.05. The van der Waals surface area contributed by atoms with Gasteiger partial charge in [-0.15, -0.1) is 0 Å². The molecule has 1 spiro atoms. The first kappa shape index (κ1) is 7.49. The molecular formula is C7H16N4. The van der Waals surface area contributed by atoms with Crippen LogP contribution in [-0.4, -0.2) is 11.3 Å². The van der Waals surface area contributed by atoms with Gasteiger partial charge in [0.15, 0.2) is 0 Å². The van der Waals surface area contributed by atoms with Gasteiger partial charge >= 0.3 is 0 Å². The van der Waals surface area contributed by atoms with E-state index in [1.165, 1.54) is 0 Å². The van der Waals surface area contributed by atoms with Crippen molar-refractivity contribution < 1.29 is 0 Å². The van der Waals surface area contributed by atoms with Gasteiger partial charge in [-0.25, -0.2) is 0 Å². The van der Waals surface area contributed by atoms with Gasteiger partial charge in [0.2, 0.25) is 0 Å². The van der Waals surface area contributed by atoms with E-state index in [1.807, 2.05) is 0 Å². The molecule has 0 radical (unpaired) electrons. The van der Waals surface area contributed by atoms with Gasteiger partial charge in [0.05, 0.1) is 5.54 Å². The fourth-order valence-corrected chi connectivity index (χ4v) is 2.27. The lowest BCUT2D eigenvalue weighted by atomic mass is 9.60. The molecule has 0 aliphatic heterocycles. The zero-order chi connectivity index (χ0) is 8.33. The molecule has 0 heterocycles. The summed E-state index contributed by atoms with van der Waals surface area (Å²) in [5, 5.41) is 0. The second-order valence-corrected chi connectivity index (χ2v) is 4.18. The van der Waals surface area contributed by atoms with Crippen molar-refractivity contribution in [3.05, 3.63) is 0 Å². The van der Waals surface area contributed by atoms with Gasteiger partial charge < -0.3 is 5.73 Å². The molecule has 0 aromatic heterocycles. The van der Waals surface area contributed by atoms with Crippen LogP contribution < -0.4 is 22.9 Å². The van der Waals surface area contributed by atoms with Crippen LogP contribution in [0.1, 0.15) is 25.7 Å². The maximum Gasteiger partial charge on any atom is 0.135 e. The molecule has 0 aromatic rings. The molecule has 1 unspecified atom stereocenters. The van der Waals surface area contributed by atoms with Crippen LogP contribution in [0.5, 0.6) is 0 Å². The summed E-state index contributed by atoms with van der Waals surface area (Å²) in [6.45, 7) is 0. The summed E-state index contributed by atoms with van der Waals surface area (Å²) in [4.78, 5) is 0. The summed E-state index contributed by atoms with van der Waals surface area (Å²) in [6, 6.07) is 0. The molecule has 4 heteroatoms. The van der Waals surface area contributed by atoms with E-state index in [4.69, 9.17) is 22.9 Å². The molecule has 4 nitrogen and oxygen atoms in total. The smallest absolute Gasteiger partial charge is 0.135 e. The average molecular weight is 156 g/mol. The third kappa shape index (κ3) is 0.679. The third-order valence-corrected chi connectivity index (χ3v) is 3.57. The summed E-state index contributed by atoms with van der Waals surface area (Å²) < 4.78 is 0. The topological polar surface area (TPSA) is 104 Å². The van der Waals surface area contributed by atoms with E-state index >= 15 is 0 Å². The lowest BCUT2D eigenvalue weighted by Crippen LogP contribution is -2.83. The largest absolute Gasteiger partial charge is 0.321 e. The zero-order valence-corrected chi connectivity index (χ0v) is 6.64. The molecule has 2 aliphatic carbocycles. The molecule has 8 N–H and O–H groups in total. The molecule has 0 saturated heterocycles. The number of rotatable bonds is 1. The zero-order valence-electron chi connectivity index (χ0n) is 6.64. The second-order valence-electron chi connectivity index (χ2n) is 4.18. The summed E-state index contributed by atoms with van der Waals surface area (Å²) in [5.74, 6) is -1.19. The van der Waals surface area contributed by atoms with Crippen LogP contribution in [0.15, 0.2) is 0 Å². The van der Waals surface area contributed by atoms with Crippen LogP contribution in [0, 0.1) is 5.41 Å². The van der Waals surface area contributed by atoms with Crippen LogP contribution in [-0.2, 0) is 0 Å². The quantitative estimate of drug-likeness (QED) is 0.357. The van der Waals surface area contributed by atoms with Crippen molar-refractivity contribution in [3.63, 3.8) is 0 Å². The van der Waals surface area contributed by atoms with E-state index < -0.39 is 11.3 Å². The van der Waals surface area contributed by atoms with E-state index in [-0.39, 0.29) is 5.41 Å². The molecule has 0 bridgehead atoms. The third-order valence-electron chi connectivity index (χ3n) is 3.57. The maximum absolute atomic E-state index is 6.05. The van der Waals surface area contributed by atoms with Gasteiger partial charge in [-0.1, -0.05) is 0 Å². The predicted molar refractivity (Wildman–Crippen MR) is 43.1 cm³/mol. The highest BCUT2D eigenvalue weighted by atomic mass is 15.2. The molecule has 2 aliphatic rings. The van der Waals surface area contributed by atoms with E-state index in [0.717, 1.165) is 25.7 Å². The monoisotopic (exact) mass is 156 g/mol. The minimum atomic E-state index is -1.19. The van der Waals surface area contributed by atoms with Crippen molar-refractivity contribution >= 4 is 0 Å². The van der Waals surface area contributed by atoms with Gasteiger partial charge in [0, 0.05) is 0 Å². The standard InChI is InChI=1S/C7H16N4/c8-6(7(9,10)11)4-3-5(6)1-2-5/h1-4,8-11H2. The molecule has 1 atom stereocenters. The van der Waals surface area contributed by atoms with Crippen LogP contribution >= 0.6 is 0 Å². The van der Waals surface area contributed by atoms with E-state index in [1.54, 1.807) is 0 Å². The van der Waals surface area contributed by atoms with Crippen molar-refractivity contribution in [1.29, 1.82) is 0 Å². The van der Waals surface area contributed by atoms with Gasteiger partial charge in [-0.05, 0) is 31.1 Å². The fourth-order valence-electron chi connectivity index (χ4n) is 2.27. The van der Waals surface area contributed by atoms with Crippen molar-refractivity contribution in [2.45, 2.75) is 37.0 Å². The van der Waals surface area contributed by atoms with Crippen LogP contribution in [0.4, 0.5) is 0 Å². The highest BCUT2D eigenvalue weighted by Gasteiger charge is 2.69. The van der Waals surface area contributed by atoms with E-state index in [9.17, 15) is 0 Å². The van der Waals surface area contributed by atoms with E-state index in [2.05, 4.69) is 0 Å². The Morgan fingerprint density at radius 3 is 1.45 bits per heavy atom. The molecule has 2 saturated carbocycles. The fraction of sp³-hybridized carbons (Fsp3) is 1.00. The van der Waals surface area contributed by atoms with E-state index in [0.29, 0.717) is 0 Å². The first-order valence-electron chi connectivity index (χ1n) is 4.07. The van der Waals surface area contributed by atoms with Crippen molar-refractivity contribution in [2.24, 2.45) is 28.3 Å². The lowest BCUT2D eigenvalue weighted by Gasteiger charge is -2.54. The molecule has 2 rings (SSSR count). The Morgan fingerprint density at radius 1 is 0.909 bits per heavy atom. The molecule has 11 heavy (non-hydrogen) atoms. The number of hydrogen-bond acceptors (Lipinski definition) is 4. The molecule has 0 amide bonds. The Balaban J connectivity index is 2.23. The average Bonchev–Trinajstić information content (AvgIpc) is 2.60. The Hall–Kier alpha value is -0.160. The Labute approximate surface area is 66.3 Å². The Bertz CT molecular complexity index is 187. The van der Waals surface area contributed by atoms with Crippen molar-refractivity contribution in [1.82, 2.24) is 0 Å². The highest BCUT2D eigenvalue weighted by molar-refractivity contribution is 5.24. The number of hydrogen-bond donors (Lipinski definition) is 4. The molecular weight excluding hydrogens is 140 g/mol. The minimum absolute atomic E-state index is 0.214. The Morgan fingerprint density at radius 2 is 1.36 bits per heavy atom. The van der Waals surface area contributed by atoms with Gasteiger partial charge in [-0.3, -0.25) is 17.2 Å². The molecule has 2 fully saturated rings. The predicted octanol–water partition coefficient (Wildman–Crippen LogP) is -1.21.